The van der Waals surface area contributed by atoms with Gasteiger partial charge < -0.3 is 0 Å². The van der Waals surface area contributed by atoms with Gasteiger partial charge in [-0.05, 0) is 30.3 Å². The van der Waals surface area contributed by atoms with Gasteiger partial charge in [-0.2, -0.15) is 0 Å². The molecule has 2 aromatic carbocycles. The quantitative estimate of drug-likeness (QED) is 0.472. The van der Waals surface area contributed by atoms with E-state index in [1.807, 2.05) is 4.57 Å². The van der Waals surface area contributed by atoms with E-state index in [9.17, 15) is 0 Å². The molecule has 0 atom stereocenters. The molecule has 108 valence electrons. The van der Waals surface area contributed by atoms with Gasteiger partial charge in [0.2, 0.25) is 0 Å². The van der Waals surface area contributed by atoms with Gasteiger partial charge in [-0.1, -0.05) is 46.4 Å². The van der Waals surface area contributed by atoms with Crippen LogP contribution in [0.4, 0.5) is 0 Å². The van der Waals surface area contributed by atoms with E-state index in [4.69, 9.17) is 58.0 Å². The lowest BCUT2D eigenvalue weighted by atomic mass is 10.2. The summed E-state index contributed by atoms with van der Waals surface area (Å²) in [5.74, 6) is 0.886. The van der Waals surface area contributed by atoms with Crippen molar-refractivity contribution in [2.75, 3.05) is 0 Å². The summed E-state index contributed by atoms with van der Waals surface area (Å²) in [4.78, 5) is 4.47. The van der Waals surface area contributed by atoms with Gasteiger partial charge in [0.05, 0.1) is 32.6 Å². The molecule has 0 radical (unpaired) electrons. The number of hydrogen-bond donors (Lipinski definition) is 0. The molecule has 21 heavy (non-hydrogen) atoms. The van der Waals surface area contributed by atoms with E-state index in [-0.39, 0.29) is 5.88 Å². The van der Waals surface area contributed by atoms with E-state index >= 15 is 0 Å². The zero-order chi connectivity index (χ0) is 15.1. The fraction of sp³-hybridized carbons (Fsp3) is 0.0714. The molecule has 0 aliphatic heterocycles. The third-order valence-corrected chi connectivity index (χ3v) is 4.39. The molecule has 1 heterocycles. The Kier molecular flexibility index (Phi) is 4.26. The molecule has 0 aliphatic rings. The molecule has 0 amide bonds. The smallest absolute Gasteiger partial charge is 0.129 e. The molecule has 0 unspecified atom stereocenters. The maximum atomic E-state index is 6.10. The SMILES string of the molecule is ClCc1nc2cc(Cl)c(Cl)cc2n1-c1cc(Cl)cc(Cl)c1. The molecule has 0 bridgehead atoms. The lowest BCUT2D eigenvalue weighted by molar-refractivity contribution is 0.982. The fourth-order valence-electron chi connectivity index (χ4n) is 2.17. The maximum Gasteiger partial charge on any atom is 0.129 e. The minimum absolute atomic E-state index is 0.230. The van der Waals surface area contributed by atoms with Crippen molar-refractivity contribution in [3.05, 3.63) is 56.2 Å². The first-order valence-electron chi connectivity index (χ1n) is 5.88. The summed E-state index contributed by atoms with van der Waals surface area (Å²) in [6.45, 7) is 0. The molecule has 0 fully saturated rings. The molecule has 3 aromatic rings. The lowest BCUT2D eigenvalue weighted by Crippen LogP contribution is -1.99. The topological polar surface area (TPSA) is 17.8 Å². The standard InChI is InChI=1S/C14H7Cl5N2/c15-6-14-20-12-4-10(18)11(19)5-13(12)21(14)9-2-7(16)1-8(17)3-9/h1-5H,6H2. The Bertz CT molecular complexity index is 821. The van der Waals surface area contributed by atoms with Crippen LogP contribution < -0.4 is 0 Å². The normalized spacial score (nSPS) is 11.3. The number of rotatable bonds is 2. The minimum Gasteiger partial charge on any atom is -0.295 e. The van der Waals surface area contributed by atoms with Gasteiger partial charge in [0.25, 0.3) is 0 Å². The number of aromatic nitrogens is 2. The summed E-state index contributed by atoms with van der Waals surface area (Å²) in [7, 11) is 0. The van der Waals surface area contributed by atoms with E-state index in [2.05, 4.69) is 4.98 Å². The van der Waals surface area contributed by atoms with Gasteiger partial charge in [-0.25, -0.2) is 4.98 Å². The zero-order valence-corrected chi connectivity index (χ0v) is 14.2. The monoisotopic (exact) mass is 378 g/mol. The van der Waals surface area contributed by atoms with Crippen molar-refractivity contribution in [1.29, 1.82) is 0 Å². The first kappa shape index (κ1) is 15.3. The van der Waals surface area contributed by atoms with Crippen LogP contribution in [0.15, 0.2) is 30.3 Å². The molecule has 0 aliphatic carbocycles. The number of hydrogen-bond acceptors (Lipinski definition) is 1. The number of benzene rings is 2. The van der Waals surface area contributed by atoms with E-state index in [1.54, 1.807) is 30.3 Å². The molecule has 7 heteroatoms. The maximum absolute atomic E-state index is 6.10. The fourth-order valence-corrected chi connectivity index (χ4v) is 3.18. The van der Waals surface area contributed by atoms with Crippen molar-refractivity contribution in [3.63, 3.8) is 0 Å². The number of nitrogens with zero attached hydrogens (tertiary/aromatic N) is 2. The molecule has 0 saturated heterocycles. The summed E-state index contributed by atoms with van der Waals surface area (Å²) in [5.41, 5.74) is 2.26. The third-order valence-electron chi connectivity index (χ3n) is 2.99. The van der Waals surface area contributed by atoms with Crippen LogP contribution in [-0.4, -0.2) is 9.55 Å². The van der Waals surface area contributed by atoms with Crippen molar-refractivity contribution in [3.8, 4) is 5.69 Å². The van der Waals surface area contributed by atoms with Crippen LogP contribution in [-0.2, 0) is 5.88 Å². The van der Waals surface area contributed by atoms with E-state index in [0.717, 1.165) is 11.2 Å². The Hall–Kier alpha value is -0.640. The highest BCUT2D eigenvalue weighted by Crippen LogP contribution is 2.32. The molecule has 1 aromatic heterocycles. The predicted molar refractivity (Wildman–Crippen MR) is 90.7 cm³/mol. The van der Waals surface area contributed by atoms with Gasteiger partial charge in [-0.3, -0.25) is 4.57 Å². The van der Waals surface area contributed by atoms with Crippen molar-refractivity contribution in [1.82, 2.24) is 9.55 Å². The van der Waals surface area contributed by atoms with Crippen molar-refractivity contribution in [2.45, 2.75) is 5.88 Å². The van der Waals surface area contributed by atoms with Crippen molar-refractivity contribution in [2.24, 2.45) is 0 Å². The molecule has 2 nitrogen and oxygen atoms in total. The average Bonchev–Trinajstić information content (AvgIpc) is 2.75. The largest absolute Gasteiger partial charge is 0.295 e. The van der Waals surface area contributed by atoms with Gasteiger partial charge in [0, 0.05) is 10.0 Å². The second-order valence-corrected chi connectivity index (χ2v) is 6.33. The molecular weight excluding hydrogens is 373 g/mol. The van der Waals surface area contributed by atoms with Gasteiger partial charge in [0.15, 0.2) is 0 Å². The molecule has 3 rings (SSSR count). The predicted octanol–water partition coefficient (Wildman–Crippen LogP) is 6.38. The highest BCUT2D eigenvalue weighted by molar-refractivity contribution is 6.42. The highest BCUT2D eigenvalue weighted by Gasteiger charge is 2.14. The molecule has 0 saturated carbocycles. The number of fused-ring (bicyclic) bond motifs is 1. The first-order valence-corrected chi connectivity index (χ1v) is 7.93. The van der Waals surface area contributed by atoms with E-state index in [1.165, 1.54) is 0 Å². The van der Waals surface area contributed by atoms with Crippen LogP contribution >= 0.6 is 58.0 Å². The summed E-state index contributed by atoms with van der Waals surface area (Å²) in [5, 5.41) is 1.94. The summed E-state index contributed by atoms with van der Waals surface area (Å²) in [6, 6.07) is 8.69. The van der Waals surface area contributed by atoms with E-state index < -0.39 is 0 Å². The van der Waals surface area contributed by atoms with Crippen LogP contribution in [0.1, 0.15) is 5.82 Å². The van der Waals surface area contributed by atoms with Crippen LogP contribution in [0.3, 0.4) is 0 Å². The van der Waals surface area contributed by atoms with Crippen LogP contribution in [0.25, 0.3) is 16.7 Å². The Labute approximate surface area is 146 Å². The Morgan fingerprint density at radius 2 is 1.48 bits per heavy atom. The Morgan fingerprint density at radius 1 is 0.857 bits per heavy atom. The zero-order valence-electron chi connectivity index (χ0n) is 10.4. The average molecular weight is 380 g/mol. The highest BCUT2D eigenvalue weighted by atomic mass is 35.5. The summed E-state index contributed by atoms with van der Waals surface area (Å²) in [6.07, 6.45) is 0. The Morgan fingerprint density at radius 3 is 2.10 bits per heavy atom. The lowest BCUT2D eigenvalue weighted by Gasteiger charge is -2.09. The second kappa shape index (κ2) is 5.86. The Balaban J connectivity index is 2.36. The van der Waals surface area contributed by atoms with Crippen LogP contribution in [0, 0.1) is 0 Å². The van der Waals surface area contributed by atoms with Gasteiger partial charge >= 0.3 is 0 Å². The van der Waals surface area contributed by atoms with Gasteiger partial charge in [0.1, 0.15) is 5.82 Å². The minimum atomic E-state index is 0.230. The first-order chi connectivity index (χ1) is 9.99. The van der Waals surface area contributed by atoms with Crippen molar-refractivity contribution < 1.29 is 0 Å². The summed E-state index contributed by atoms with van der Waals surface area (Å²) < 4.78 is 1.86. The van der Waals surface area contributed by atoms with Crippen LogP contribution in [0.5, 0.6) is 0 Å². The summed E-state index contributed by atoms with van der Waals surface area (Å²) >= 11 is 30.3. The number of imidazole rings is 1. The molecule has 0 N–H and O–H groups in total. The number of halogens is 5. The van der Waals surface area contributed by atoms with Gasteiger partial charge in [-0.15, -0.1) is 11.6 Å². The van der Waals surface area contributed by atoms with Crippen molar-refractivity contribution >= 4 is 69.0 Å². The third kappa shape index (κ3) is 2.84. The molecule has 0 spiro atoms. The molecular formula is C14H7Cl5N2. The number of alkyl halides is 1. The van der Waals surface area contributed by atoms with Crippen LogP contribution in [0.2, 0.25) is 20.1 Å². The second-order valence-electron chi connectivity index (χ2n) is 4.38. The van der Waals surface area contributed by atoms with E-state index in [0.29, 0.717) is 31.4 Å².